The van der Waals surface area contributed by atoms with E-state index in [1.54, 1.807) is 6.07 Å². The highest BCUT2D eigenvalue weighted by atomic mass is 32.2. The molecule has 0 spiro atoms. The predicted molar refractivity (Wildman–Crippen MR) is 99.1 cm³/mol. The van der Waals surface area contributed by atoms with Crippen LogP contribution in [0.25, 0.3) is 0 Å². The van der Waals surface area contributed by atoms with Gasteiger partial charge in [-0.2, -0.15) is 13.2 Å². The molecular formula is C17H16F3N3O3S2. The number of benzene rings is 1. The van der Waals surface area contributed by atoms with Gasteiger partial charge in [-0.1, -0.05) is 17.9 Å². The number of halogens is 3. The Morgan fingerprint density at radius 1 is 1.18 bits per heavy atom. The van der Waals surface area contributed by atoms with E-state index >= 15 is 0 Å². The average Bonchev–Trinajstić information content (AvgIpc) is 3.13. The van der Waals surface area contributed by atoms with E-state index in [-0.39, 0.29) is 22.9 Å². The fraction of sp³-hybridized carbons (Fsp3) is 0.235. The summed E-state index contributed by atoms with van der Waals surface area (Å²) < 4.78 is 63.5. The zero-order valence-corrected chi connectivity index (χ0v) is 16.2. The van der Waals surface area contributed by atoms with E-state index in [1.807, 2.05) is 0 Å². The van der Waals surface area contributed by atoms with Crippen molar-refractivity contribution in [3.8, 4) is 11.8 Å². The first kappa shape index (κ1) is 21.7. The molecule has 0 bridgehead atoms. The second kappa shape index (κ2) is 9.09. The topological polar surface area (TPSA) is 87.3 Å². The Labute approximate surface area is 164 Å². The number of amides is 2. The molecule has 150 valence electrons. The largest absolute Gasteiger partial charge is 0.416 e. The standard InChI is InChI=1S/C17H16F3N3O3S2/c1-21-28(25,26)15-8-7-14(27-15)11-23-16(24)22-9-3-5-12-4-2-6-13(10-12)17(18,19)20/h2,4,6-8,10,21H,9,11H2,1H3,(H2,22,23,24). The number of carbonyl (C=O) groups excluding carboxylic acids is 1. The third-order valence-electron chi connectivity index (χ3n) is 3.35. The van der Waals surface area contributed by atoms with Crippen LogP contribution in [0.3, 0.4) is 0 Å². The summed E-state index contributed by atoms with van der Waals surface area (Å²) in [6, 6.07) is 7.07. The maximum absolute atomic E-state index is 12.6. The Hall–Kier alpha value is -2.55. The lowest BCUT2D eigenvalue weighted by atomic mass is 10.1. The van der Waals surface area contributed by atoms with Crippen molar-refractivity contribution in [3.05, 3.63) is 52.4 Å². The molecule has 0 aliphatic rings. The van der Waals surface area contributed by atoms with Crippen LogP contribution in [0.5, 0.6) is 0 Å². The summed E-state index contributed by atoms with van der Waals surface area (Å²) in [5.41, 5.74) is -0.602. The first-order chi connectivity index (χ1) is 13.1. The summed E-state index contributed by atoms with van der Waals surface area (Å²) in [7, 11) is -2.21. The number of nitrogens with one attached hydrogen (secondary N) is 3. The Kier molecular flexibility index (Phi) is 7.06. The zero-order chi connectivity index (χ0) is 20.8. The minimum atomic E-state index is -4.44. The molecule has 3 N–H and O–H groups in total. The van der Waals surface area contributed by atoms with Gasteiger partial charge in [0.1, 0.15) is 4.21 Å². The van der Waals surface area contributed by atoms with E-state index in [9.17, 15) is 26.4 Å². The van der Waals surface area contributed by atoms with Gasteiger partial charge in [-0.05, 0) is 37.4 Å². The Balaban J connectivity index is 1.82. The first-order valence-electron chi connectivity index (χ1n) is 7.82. The van der Waals surface area contributed by atoms with Crippen LogP contribution in [0, 0.1) is 11.8 Å². The van der Waals surface area contributed by atoms with E-state index in [4.69, 9.17) is 0 Å². The van der Waals surface area contributed by atoms with Gasteiger partial charge in [0.15, 0.2) is 0 Å². The van der Waals surface area contributed by atoms with Gasteiger partial charge in [0.25, 0.3) is 0 Å². The van der Waals surface area contributed by atoms with Crippen LogP contribution in [-0.4, -0.2) is 28.0 Å². The van der Waals surface area contributed by atoms with Crippen molar-refractivity contribution in [1.29, 1.82) is 0 Å². The molecule has 1 heterocycles. The average molecular weight is 431 g/mol. The number of carbonyl (C=O) groups is 1. The highest BCUT2D eigenvalue weighted by molar-refractivity contribution is 7.91. The van der Waals surface area contributed by atoms with Crippen molar-refractivity contribution in [3.63, 3.8) is 0 Å². The fourth-order valence-corrected chi connectivity index (χ4v) is 4.11. The van der Waals surface area contributed by atoms with E-state index < -0.39 is 27.8 Å². The van der Waals surface area contributed by atoms with Crippen LogP contribution >= 0.6 is 11.3 Å². The molecule has 0 atom stereocenters. The number of sulfonamides is 1. The number of hydrogen-bond acceptors (Lipinski definition) is 4. The van der Waals surface area contributed by atoms with Gasteiger partial charge in [0.05, 0.1) is 18.7 Å². The molecule has 0 aliphatic carbocycles. The summed E-state index contributed by atoms with van der Waals surface area (Å²) in [5.74, 6) is 5.12. The summed E-state index contributed by atoms with van der Waals surface area (Å²) >= 11 is 1.02. The summed E-state index contributed by atoms with van der Waals surface area (Å²) in [6.45, 7) is 0.0582. The Bertz CT molecular complexity index is 1010. The number of urea groups is 1. The van der Waals surface area contributed by atoms with Gasteiger partial charge in [0.2, 0.25) is 10.0 Å². The minimum Gasteiger partial charge on any atom is -0.333 e. The molecule has 2 aromatic rings. The maximum atomic E-state index is 12.6. The van der Waals surface area contributed by atoms with Crippen molar-refractivity contribution in [2.24, 2.45) is 0 Å². The van der Waals surface area contributed by atoms with Crippen LogP contribution in [0.4, 0.5) is 18.0 Å². The molecule has 0 radical (unpaired) electrons. The molecule has 0 aliphatic heterocycles. The molecule has 11 heteroatoms. The molecule has 6 nitrogen and oxygen atoms in total. The van der Waals surface area contributed by atoms with Crippen molar-refractivity contribution < 1.29 is 26.4 Å². The van der Waals surface area contributed by atoms with E-state index in [2.05, 4.69) is 27.2 Å². The maximum Gasteiger partial charge on any atom is 0.416 e. The van der Waals surface area contributed by atoms with Crippen molar-refractivity contribution in [2.75, 3.05) is 13.6 Å². The SMILES string of the molecule is CNS(=O)(=O)c1ccc(CNC(=O)NCC#Cc2cccc(C(F)(F)F)c2)s1. The highest BCUT2D eigenvalue weighted by Gasteiger charge is 2.30. The van der Waals surface area contributed by atoms with Gasteiger partial charge < -0.3 is 10.6 Å². The molecule has 28 heavy (non-hydrogen) atoms. The molecule has 1 aromatic carbocycles. The molecule has 2 amide bonds. The normalized spacial score (nSPS) is 11.4. The highest BCUT2D eigenvalue weighted by Crippen LogP contribution is 2.29. The smallest absolute Gasteiger partial charge is 0.333 e. The molecule has 2 rings (SSSR count). The number of thiophene rings is 1. The Morgan fingerprint density at radius 3 is 2.61 bits per heavy atom. The third kappa shape index (κ3) is 6.26. The van der Waals surface area contributed by atoms with Crippen molar-refractivity contribution in [2.45, 2.75) is 16.9 Å². The van der Waals surface area contributed by atoms with Crippen LogP contribution in [0.2, 0.25) is 0 Å². The second-order valence-electron chi connectivity index (χ2n) is 5.34. The van der Waals surface area contributed by atoms with Crippen LogP contribution in [0.1, 0.15) is 16.0 Å². The van der Waals surface area contributed by atoms with Crippen LogP contribution in [0.15, 0.2) is 40.6 Å². The van der Waals surface area contributed by atoms with Gasteiger partial charge in [-0.3, -0.25) is 0 Å². The van der Waals surface area contributed by atoms with Gasteiger partial charge in [0, 0.05) is 10.4 Å². The number of rotatable bonds is 5. The lowest BCUT2D eigenvalue weighted by Crippen LogP contribution is -2.35. The van der Waals surface area contributed by atoms with E-state index in [1.165, 1.54) is 25.2 Å². The number of alkyl halides is 3. The molecule has 0 saturated carbocycles. The zero-order valence-electron chi connectivity index (χ0n) is 14.6. The van der Waals surface area contributed by atoms with Gasteiger partial charge in [-0.25, -0.2) is 17.9 Å². The molecule has 0 unspecified atom stereocenters. The Morgan fingerprint density at radius 2 is 1.93 bits per heavy atom. The summed E-state index contributed by atoms with van der Waals surface area (Å²) in [5, 5.41) is 4.98. The van der Waals surface area contributed by atoms with E-state index in [0.717, 1.165) is 23.5 Å². The summed E-state index contributed by atoms with van der Waals surface area (Å²) in [4.78, 5) is 12.3. The van der Waals surface area contributed by atoms with Crippen molar-refractivity contribution >= 4 is 27.4 Å². The summed E-state index contributed by atoms with van der Waals surface area (Å²) in [6.07, 6.45) is -4.44. The third-order valence-corrected chi connectivity index (χ3v) is 6.35. The van der Waals surface area contributed by atoms with Gasteiger partial charge in [-0.15, -0.1) is 11.3 Å². The second-order valence-corrected chi connectivity index (χ2v) is 8.63. The van der Waals surface area contributed by atoms with E-state index in [0.29, 0.717) is 4.88 Å². The van der Waals surface area contributed by atoms with Crippen LogP contribution in [-0.2, 0) is 22.7 Å². The quantitative estimate of drug-likeness (QED) is 0.636. The lowest BCUT2D eigenvalue weighted by molar-refractivity contribution is -0.137. The van der Waals surface area contributed by atoms with Gasteiger partial charge >= 0.3 is 12.2 Å². The van der Waals surface area contributed by atoms with Crippen LogP contribution < -0.4 is 15.4 Å². The molecule has 0 saturated heterocycles. The van der Waals surface area contributed by atoms with Crippen molar-refractivity contribution in [1.82, 2.24) is 15.4 Å². The minimum absolute atomic E-state index is 0.0636. The molecular weight excluding hydrogens is 415 g/mol. The molecule has 1 aromatic heterocycles. The molecule has 0 fully saturated rings. The predicted octanol–water partition coefficient (Wildman–Crippen LogP) is 2.53. The monoisotopic (exact) mass is 431 g/mol. The number of hydrogen-bond donors (Lipinski definition) is 3. The fourth-order valence-electron chi connectivity index (χ4n) is 1.97. The first-order valence-corrected chi connectivity index (χ1v) is 10.1. The lowest BCUT2D eigenvalue weighted by Gasteiger charge is -2.06.